The Morgan fingerprint density at radius 1 is 1.62 bits per heavy atom. The lowest BCUT2D eigenvalue weighted by atomic mass is 10.3. The molecule has 0 aromatic carbocycles. The van der Waals surface area contributed by atoms with E-state index in [0.717, 1.165) is 5.75 Å². The van der Waals surface area contributed by atoms with Crippen molar-refractivity contribution >= 4 is 45.0 Å². The lowest BCUT2D eigenvalue weighted by Gasteiger charge is -2.36. The number of carboxylic acids is 1. The van der Waals surface area contributed by atoms with E-state index in [1.807, 2.05) is 0 Å². The van der Waals surface area contributed by atoms with Crippen molar-refractivity contribution < 1.29 is 18.3 Å². The summed E-state index contributed by atoms with van der Waals surface area (Å²) in [5, 5.41) is 8.39. The summed E-state index contributed by atoms with van der Waals surface area (Å²) in [7, 11) is -3.27. The zero-order chi connectivity index (χ0) is 15.6. The molecule has 116 valence electrons. The first-order valence-corrected chi connectivity index (χ1v) is 9.56. The molecule has 0 radical (unpaired) electrons. The van der Waals surface area contributed by atoms with Crippen molar-refractivity contribution in [3.63, 3.8) is 0 Å². The number of thioether (sulfide) groups is 1. The summed E-state index contributed by atoms with van der Waals surface area (Å²) in [6, 6.07) is 1.30. The second-order valence-electron chi connectivity index (χ2n) is 4.51. The fourth-order valence-corrected chi connectivity index (χ4v) is 5.32. The zero-order valence-electron chi connectivity index (χ0n) is 11.3. The molecular weight excluding hydrogens is 336 g/mol. The van der Waals surface area contributed by atoms with Crippen molar-refractivity contribution in [2.75, 3.05) is 28.7 Å². The predicted octanol–water partition coefficient (Wildman–Crippen LogP) is 1.75. The molecule has 1 N–H and O–H groups in total. The molecule has 21 heavy (non-hydrogen) atoms. The van der Waals surface area contributed by atoms with Gasteiger partial charge in [-0.2, -0.15) is 11.8 Å². The van der Waals surface area contributed by atoms with Gasteiger partial charge in [0.2, 0.25) is 0 Å². The molecule has 0 amide bonds. The number of rotatable bonds is 4. The summed E-state index contributed by atoms with van der Waals surface area (Å²) in [6.07, 6.45) is 1.20. The third-order valence-corrected chi connectivity index (χ3v) is 6.81. The Kier molecular flexibility index (Phi) is 5.00. The molecule has 1 saturated heterocycles. The van der Waals surface area contributed by atoms with Crippen LogP contribution in [0, 0.1) is 0 Å². The van der Waals surface area contributed by atoms with Gasteiger partial charge in [0, 0.05) is 30.0 Å². The van der Waals surface area contributed by atoms with Crippen molar-refractivity contribution in [1.29, 1.82) is 0 Å². The van der Waals surface area contributed by atoms with E-state index in [-0.39, 0.29) is 16.3 Å². The molecule has 1 aliphatic rings. The monoisotopic (exact) mass is 350 g/mol. The number of carbonyl (C=O) groups is 1. The Bertz CT molecular complexity index is 651. The van der Waals surface area contributed by atoms with Gasteiger partial charge in [0.15, 0.2) is 9.84 Å². The van der Waals surface area contributed by atoms with Gasteiger partial charge in [0.05, 0.1) is 10.6 Å². The van der Waals surface area contributed by atoms with Crippen molar-refractivity contribution in [1.82, 2.24) is 4.98 Å². The van der Waals surface area contributed by atoms with Gasteiger partial charge < -0.3 is 10.0 Å². The van der Waals surface area contributed by atoms with E-state index in [1.54, 1.807) is 23.6 Å². The number of hydrogen-bond acceptors (Lipinski definition) is 6. The van der Waals surface area contributed by atoms with Crippen LogP contribution >= 0.6 is 23.4 Å². The first-order valence-electron chi connectivity index (χ1n) is 6.31. The topological polar surface area (TPSA) is 87.6 Å². The van der Waals surface area contributed by atoms with E-state index in [2.05, 4.69) is 4.98 Å². The number of carboxylic acid groups (broad SMARTS) is 1. The Labute approximate surface area is 132 Å². The van der Waals surface area contributed by atoms with Gasteiger partial charge in [-0.05, 0) is 6.07 Å². The number of sulfone groups is 1. The summed E-state index contributed by atoms with van der Waals surface area (Å²) in [5.74, 6) is 0.468. The molecule has 1 atom stereocenters. The van der Waals surface area contributed by atoms with Crippen LogP contribution in [0.25, 0.3) is 0 Å². The quantitative estimate of drug-likeness (QED) is 0.884. The summed E-state index contributed by atoms with van der Waals surface area (Å²) in [4.78, 5) is 16.6. The highest BCUT2D eigenvalue weighted by Gasteiger charge is 2.34. The van der Waals surface area contributed by atoms with Crippen molar-refractivity contribution in [2.45, 2.75) is 12.3 Å². The van der Waals surface area contributed by atoms with E-state index in [4.69, 9.17) is 16.7 Å². The summed E-state index contributed by atoms with van der Waals surface area (Å²) in [5.41, 5.74) is -0.0231. The van der Waals surface area contributed by atoms with Gasteiger partial charge >= 0.3 is 5.97 Å². The van der Waals surface area contributed by atoms with Crippen molar-refractivity contribution in [3.05, 3.63) is 22.8 Å². The minimum atomic E-state index is -3.27. The third-order valence-electron chi connectivity index (χ3n) is 3.24. The molecule has 1 aromatic heterocycles. The largest absolute Gasteiger partial charge is 0.478 e. The number of aromatic carboxylic acids is 1. The Morgan fingerprint density at radius 3 is 2.90 bits per heavy atom. The summed E-state index contributed by atoms with van der Waals surface area (Å²) in [6.45, 7) is 2.11. The number of nitrogens with zero attached hydrogens (tertiary/aromatic N) is 2. The van der Waals surface area contributed by atoms with Gasteiger partial charge in [0.1, 0.15) is 11.2 Å². The molecule has 1 aromatic rings. The average Bonchev–Trinajstić information content (AvgIpc) is 2.47. The first-order chi connectivity index (χ1) is 9.86. The Morgan fingerprint density at radius 2 is 2.33 bits per heavy atom. The van der Waals surface area contributed by atoms with Crippen molar-refractivity contribution in [2.24, 2.45) is 0 Å². The molecule has 2 heterocycles. The second-order valence-corrected chi connectivity index (χ2v) is 8.51. The van der Waals surface area contributed by atoms with E-state index in [0.29, 0.717) is 18.1 Å². The molecule has 9 heteroatoms. The molecule has 1 unspecified atom stereocenters. The maximum Gasteiger partial charge on any atom is 0.337 e. The van der Waals surface area contributed by atoms with Crippen LogP contribution < -0.4 is 4.90 Å². The van der Waals surface area contributed by atoms with Crippen LogP contribution in [-0.2, 0) is 9.84 Å². The normalized spacial score (nSPS) is 19.5. The summed E-state index contributed by atoms with van der Waals surface area (Å²) < 4.78 is 24.4. The second kappa shape index (κ2) is 6.41. The first kappa shape index (κ1) is 16.4. The van der Waals surface area contributed by atoms with Crippen LogP contribution in [0.3, 0.4) is 0 Å². The fraction of sp³-hybridized carbons (Fsp3) is 0.500. The van der Waals surface area contributed by atoms with Crippen molar-refractivity contribution in [3.8, 4) is 0 Å². The van der Waals surface area contributed by atoms with Gasteiger partial charge in [-0.25, -0.2) is 18.2 Å². The van der Waals surface area contributed by atoms with Crippen LogP contribution in [0.4, 0.5) is 5.82 Å². The molecule has 0 saturated carbocycles. The van der Waals surface area contributed by atoms with E-state index >= 15 is 0 Å². The fourth-order valence-electron chi connectivity index (χ4n) is 2.07. The standard InChI is InChI=1S/C12H15ClN2O4S2/c1-2-21(18,19)10-7-20-4-3-15(10)11-9(13)5-8(6-14-11)12(16)17/h5-6,10H,2-4,7H2,1H3,(H,16,17). The number of pyridine rings is 1. The van der Waals surface area contributed by atoms with Crippen LogP contribution in [0.1, 0.15) is 17.3 Å². The highest BCUT2D eigenvalue weighted by atomic mass is 35.5. The van der Waals surface area contributed by atoms with Crippen LogP contribution in [0.5, 0.6) is 0 Å². The highest BCUT2D eigenvalue weighted by molar-refractivity contribution is 8.01. The van der Waals surface area contributed by atoms with Crippen LogP contribution in [0.15, 0.2) is 12.3 Å². The summed E-state index contributed by atoms with van der Waals surface area (Å²) >= 11 is 7.67. The molecule has 1 fully saturated rings. The smallest absolute Gasteiger partial charge is 0.337 e. The Hall–Kier alpha value is -0.990. The Balaban J connectivity index is 2.40. The molecule has 6 nitrogen and oxygen atoms in total. The minimum Gasteiger partial charge on any atom is -0.478 e. The third kappa shape index (κ3) is 3.44. The van der Waals surface area contributed by atoms with Crippen LogP contribution in [-0.4, -0.2) is 53.7 Å². The maximum absolute atomic E-state index is 12.2. The minimum absolute atomic E-state index is 0.0231. The van der Waals surface area contributed by atoms with Gasteiger partial charge in [-0.15, -0.1) is 0 Å². The van der Waals surface area contributed by atoms with Crippen LogP contribution in [0.2, 0.25) is 5.02 Å². The van der Waals surface area contributed by atoms with E-state index in [9.17, 15) is 13.2 Å². The SMILES string of the molecule is CCS(=O)(=O)C1CSCCN1c1ncc(C(=O)O)cc1Cl. The number of anilines is 1. The molecule has 0 bridgehead atoms. The van der Waals surface area contributed by atoms with E-state index in [1.165, 1.54) is 12.3 Å². The highest BCUT2D eigenvalue weighted by Crippen LogP contribution is 2.31. The predicted molar refractivity (Wildman–Crippen MR) is 84.1 cm³/mol. The van der Waals surface area contributed by atoms with Gasteiger partial charge in [0.25, 0.3) is 0 Å². The lowest BCUT2D eigenvalue weighted by Crippen LogP contribution is -2.48. The van der Waals surface area contributed by atoms with Gasteiger partial charge in [-0.1, -0.05) is 18.5 Å². The molecule has 0 spiro atoms. The zero-order valence-corrected chi connectivity index (χ0v) is 13.7. The van der Waals surface area contributed by atoms with E-state index < -0.39 is 21.2 Å². The lowest BCUT2D eigenvalue weighted by molar-refractivity contribution is 0.0696. The average molecular weight is 351 g/mol. The number of hydrogen-bond donors (Lipinski definition) is 1. The molecule has 2 rings (SSSR count). The molecular formula is C12H15ClN2O4S2. The molecule has 0 aliphatic carbocycles. The van der Waals surface area contributed by atoms with Gasteiger partial charge in [-0.3, -0.25) is 0 Å². The maximum atomic E-state index is 12.2. The number of halogens is 1. The molecule has 1 aliphatic heterocycles. The number of aromatic nitrogens is 1.